The lowest BCUT2D eigenvalue weighted by Gasteiger charge is -2.19. The van der Waals surface area contributed by atoms with Crippen LogP contribution in [-0.4, -0.2) is 53.7 Å². The van der Waals surface area contributed by atoms with E-state index in [1.54, 1.807) is 11.8 Å². The number of rotatable bonds is 3. The van der Waals surface area contributed by atoms with Gasteiger partial charge >= 0.3 is 0 Å². The first-order valence-electron chi connectivity index (χ1n) is 5.93. The Morgan fingerprint density at radius 3 is 2.24 bits per heavy atom. The number of nitrogens with zero attached hydrogens (tertiary/aromatic N) is 2. The highest BCUT2D eigenvalue weighted by atomic mass is 16.2. The maximum absolute atomic E-state index is 11.9. The van der Waals surface area contributed by atoms with Crippen molar-refractivity contribution in [3.8, 4) is 0 Å². The lowest BCUT2D eigenvalue weighted by Crippen LogP contribution is -2.38. The van der Waals surface area contributed by atoms with Crippen LogP contribution >= 0.6 is 0 Å². The third kappa shape index (κ3) is 1.82. The van der Waals surface area contributed by atoms with Gasteiger partial charge in [-0.1, -0.05) is 0 Å². The summed E-state index contributed by atoms with van der Waals surface area (Å²) in [6, 6.07) is 0. The molecule has 0 aromatic carbocycles. The number of carbonyl (C=O) groups is 3. The molecule has 0 aromatic heterocycles. The van der Waals surface area contributed by atoms with Gasteiger partial charge in [-0.05, 0) is 6.92 Å². The molecule has 94 valence electrons. The fraction of sp³-hybridized carbons (Fsp3) is 0.727. The maximum Gasteiger partial charge on any atom is 0.234 e. The molecular weight excluding hydrogens is 222 g/mol. The number of nitrogens with two attached hydrogens (primary N) is 1. The van der Waals surface area contributed by atoms with E-state index < -0.39 is 0 Å². The quantitative estimate of drug-likeness (QED) is 0.627. The average molecular weight is 239 g/mol. The zero-order valence-corrected chi connectivity index (χ0v) is 9.89. The first-order chi connectivity index (χ1) is 8.10. The highest BCUT2D eigenvalue weighted by Crippen LogP contribution is 2.33. The van der Waals surface area contributed by atoms with Crippen LogP contribution in [0.4, 0.5) is 0 Å². The van der Waals surface area contributed by atoms with Crippen LogP contribution in [0.1, 0.15) is 13.3 Å². The Labute approximate surface area is 99.7 Å². The molecule has 0 aromatic rings. The highest BCUT2D eigenvalue weighted by Gasteiger charge is 2.52. The number of fused-ring (bicyclic) bond motifs is 1. The SMILES string of the molecule is CCN1C(=O)[C@@H]2CN(C(=O)CCN)C[C@H]2C1=O. The molecule has 0 radical (unpaired) electrons. The molecule has 0 unspecified atom stereocenters. The molecular formula is C11H17N3O3. The fourth-order valence-electron chi connectivity index (χ4n) is 2.61. The molecule has 17 heavy (non-hydrogen) atoms. The van der Waals surface area contributed by atoms with Gasteiger partial charge in [-0.2, -0.15) is 0 Å². The van der Waals surface area contributed by atoms with Gasteiger partial charge in [-0.25, -0.2) is 0 Å². The number of imide groups is 1. The second-order valence-electron chi connectivity index (χ2n) is 4.47. The summed E-state index contributed by atoms with van der Waals surface area (Å²) < 4.78 is 0. The van der Waals surface area contributed by atoms with Crippen molar-refractivity contribution in [2.24, 2.45) is 17.6 Å². The molecule has 6 heteroatoms. The smallest absolute Gasteiger partial charge is 0.234 e. The van der Waals surface area contributed by atoms with Gasteiger partial charge in [0.05, 0.1) is 11.8 Å². The molecule has 2 heterocycles. The Kier molecular flexibility index (Phi) is 3.15. The van der Waals surface area contributed by atoms with E-state index in [2.05, 4.69) is 0 Å². The van der Waals surface area contributed by atoms with E-state index in [1.807, 2.05) is 0 Å². The predicted octanol–water partition coefficient (Wildman–Crippen LogP) is -1.20. The second kappa shape index (κ2) is 4.44. The predicted molar refractivity (Wildman–Crippen MR) is 59.6 cm³/mol. The number of hydrogen-bond donors (Lipinski definition) is 1. The van der Waals surface area contributed by atoms with Crippen LogP contribution in [0.15, 0.2) is 0 Å². The van der Waals surface area contributed by atoms with Crippen molar-refractivity contribution in [2.75, 3.05) is 26.2 Å². The number of amides is 3. The van der Waals surface area contributed by atoms with Crippen LogP contribution in [0.25, 0.3) is 0 Å². The van der Waals surface area contributed by atoms with Crippen molar-refractivity contribution >= 4 is 17.7 Å². The summed E-state index contributed by atoms with van der Waals surface area (Å²) in [7, 11) is 0. The van der Waals surface area contributed by atoms with E-state index in [9.17, 15) is 14.4 Å². The van der Waals surface area contributed by atoms with Gasteiger partial charge in [0.1, 0.15) is 0 Å². The molecule has 2 aliphatic heterocycles. The van der Waals surface area contributed by atoms with Crippen molar-refractivity contribution in [3.05, 3.63) is 0 Å². The Bertz CT molecular complexity index is 345. The van der Waals surface area contributed by atoms with Gasteiger partial charge in [0, 0.05) is 32.6 Å². The monoisotopic (exact) mass is 239 g/mol. The van der Waals surface area contributed by atoms with Crippen LogP contribution in [-0.2, 0) is 14.4 Å². The van der Waals surface area contributed by atoms with Gasteiger partial charge in [0.15, 0.2) is 0 Å². The van der Waals surface area contributed by atoms with Crippen LogP contribution in [0.2, 0.25) is 0 Å². The molecule has 6 nitrogen and oxygen atoms in total. The van der Waals surface area contributed by atoms with Crippen molar-refractivity contribution in [2.45, 2.75) is 13.3 Å². The van der Waals surface area contributed by atoms with Crippen molar-refractivity contribution in [3.63, 3.8) is 0 Å². The van der Waals surface area contributed by atoms with Gasteiger partial charge in [-0.3, -0.25) is 19.3 Å². The molecule has 2 fully saturated rings. The zero-order valence-electron chi connectivity index (χ0n) is 9.89. The van der Waals surface area contributed by atoms with E-state index in [1.165, 1.54) is 4.90 Å². The van der Waals surface area contributed by atoms with Crippen LogP contribution in [0.5, 0.6) is 0 Å². The third-order valence-electron chi connectivity index (χ3n) is 3.51. The standard InChI is InChI=1S/C11H17N3O3/c1-2-14-10(16)7-5-13(9(15)3-4-12)6-8(7)11(14)17/h7-8H,2-6,12H2,1H3/t7-,8-/m1/s1. The van der Waals surface area contributed by atoms with Crippen LogP contribution < -0.4 is 5.73 Å². The van der Waals surface area contributed by atoms with E-state index in [-0.39, 0.29) is 36.0 Å². The van der Waals surface area contributed by atoms with E-state index >= 15 is 0 Å². The van der Waals surface area contributed by atoms with Crippen molar-refractivity contribution < 1.29 is 14.4 Å². The topological polar surface area (TPSA) is 83.7 Å². The summed E-state index contributed by atoms with van der Waals surface area (Å²) in [5, 5.41) is 0. The zero-order chi connectivity index (χ0) is 12.6. The molecule has 2 atom stereocenters. The summed E-state index contributed by atoms with van der Waals surface area (Å²) in [4.78, 5) is 38.3. The number of carbonyl (C=O) groups excluding carboxylic acids is 3. The summed E-state index contributed by atoms with van der Waals surface area (Å²) in [6.45, 7) is 3.23. The summed E-state index contributed by atoms with van der Waals surface area (Å²) in [5.74, 6) is -0.991. The Morgan fingerprint density at radius 1 is 1.29 bits per heavy atom. The Hall–Kier alpha value is -1.43. The van der Waals surface area contributed by atoms with Gasteiger partial charge in [0.2, 0.25) is 17.7 Å². The summed E-state index contributed by atoms with van der Waals surface area (Å²) >= 11 is 0. The molecule has 0 aliphatic carbocycles. The molecule has 0 spiro atoms. The first-order valence-corrected chi connectivity index (χ1v) is 5.93. The molecule has 2 rings (SSSR count). The summed E-state index contributed by atoms with van der Waals surface area (Å²) in [6.07, 6.45) is 0.277. The van der Waals surface area contributed by atoms with Gasteiger partial charge in [-0.15, -0.1) is 0 Å². The lowest BCUT2D eigenvalue weighted by molar-refractivity contribution is -0.140. The van der Waals surface area contributed by atoms with E-state index in [4.69, 9.17) is 5.73 Å². The number of likely N-dealkylation sites (tertiary alicyclic amines) is 2. The van der Waals surface area contributed by atoms with E-state index in [0.717, 1.165) is 0 Å². The van der Waals surface area contributed by atoms with Crippen molar-refractivity contribution in [1.29, 1.82) is 0 Å². The Morgan fingerprint density at radius 2 is 1.82 bits per heavy atom. The fourth-order valence-corrected chi connectivity index (χ4v) is 2.61. The van der Waals surface area contributed by atoms with E-state index in [0.29, 0.717) is 26.2 Å². The molecule has 2 aliphatic rings. The molecule has 0 saturated carbocycles. The Balaban J connectivity index is 2.07. The molecule has 3 amide bonds. The highest BCUT2D eigenvalue weighted by molar-refractivity contribution is 6.06. The lowest BCUT2D eigenvalue weighted by atomic mass is 10.00. The first kappa shape index (κ1) is 12.0. The largest absolute Gasteiger partial charge is 0.341 e. The average Bonchev–Trinajstić information content (AvgIpc) is 2.81. The minimum absolute atomic E-state index is 0.0643. The van der Waals surface area contributed by atoms with Gasteiger partial charge < -0.3 is 10.6 Å². The second-order valence-corrected chi connectivity index (χ2v) is 4.47. The van der Waals surface area contributed by atoms with Crippen molar-refractivity contribution in [1.82, 2.24) is 9.80 Å². The minimum atomic E-state index is -0.329. The molecule has 0 bridgehead atoms. The number of hydrogen-bond acceptors (Lipinski definition) is 4. The summed E-state index contributed by atoms with van der Waals surface area (Å²) in [5.41, 5.74) is 5.32. The normalized spacial score (nSPS) is 27.9. The van der Waals surface area contributed by atoms with Crippen LogP contribution in [0.3, 0.4) is 0 Å². The van der Waals surface area contributed by atoms with Gasteiger partial charge in [0.25, 0.3) is 0 Å². The molecule has 2 saturated heterocycles. The van der Waals surface area contributed by atoms with Crippen LogP contribution in [0, 0.1) is 11.8 Å². The maximum atomic E-state index is 11.9. The minimum Gasteiger partial charge on any atom is -0.341 e. The third-order valence-corrected chi connectivity index (χ3v) is 3.51. The molecule has 2 N–H and O–H groups in total.